The molecule has 6 heteroatoms. The van der Waals surface area contributed by atoms with Gasteiger partial charge in [0.15, 0.2) is 11.5 Å². The zero-order chi connectivity index (χ0) is 17.8. The number of ether oxygens (including phenoxy) is 2. The van der Waals surface area contributed by atoms with E-state index in [1.54, 1.807) is 23.0 Å². The standard InChI is InChI=1S/C19H19FN2O3/c1-24-17-10-14(15(20)11-18(17)25-2)19-21-8-9-22(19)12-16(23)13-6-4-3-5-7-13/h3-11,16,23H,12H2,1-2H3/t16-/m1/s1. The number of aliphatic hydroxyl groups excluding tert-OH is 1. The van der Waals surface area contributed by atoms with E-state index in [-0.39, 0.29) is 12.1 Å². The second kappa shape index (κ2) is 7.36. The third-order valence-electron chi connectivity index (χ3n) is 3.98. The average Bonchev–Trinajstić information content (AvgIpc) is 3.09. The van der Waals surface area contributed by atoms with Gasteiger partial charge in [0.05, 0.1) is 32.4 Å². The van der Waals surface area contributed by atoms with Crippen molar-refractivity contribution in [3.63, 3.8) is 0 Å². The van der Waals surface area contributed by atoms with Crippen LogP contribution in [0, 0.1) is 5.82 Å². The summed E-state index contributed by atoms with van der Waals surface area (Å²) in [6.45, 7) is 0.257. The van der Waals surface area contributed by atoms with Crippen molar-refractivity contribution in [2.45, 2.75) is 12.6 Å². The summed E-state index contributed by atoms with van der Waals surface area (Å²) in [7, 11) is 2.94. The van der Waals surface area contributed by atoms with Gasteiger partial charge < -0.3 is 19.1 Å². The van der Waals surface area contributed by atoms with E-state index in [0.29, 0.717) is 17.3 Å². The highest BCUT2D eigenvalue weighted by Gasteiger charge is 2.18. The molecule has 3 aromatic rings. The van der Waals surface area contributed by atoms with Crippen molar-refractivity contribution in [1.29, 1.82) is 0 Å². The maximum atomic E-state index is 14.5. The van der Waals surface area contributed by atoms with E-state index in [1.165, 1.54) is 20.3 Å². The average molecular weight is 342 g/mol. The number of rotatable bonds is 6. The summed E-state index contributed by atoms with van der Waals surface area (Å²) in [5.41, 5.74) is 1.07. The Morgan fingerprint density at radius 3 is 2.48 bits per heavy atom. The van der Waals surface area contributed by atoms with Crippen molar-refractivity contribution in [1.82, 2.24) is 9.55 Å². The molecule has 0 fully saturated rings. The minimum Gasteiger partial charge on any atom is -0.493 e. The highest BCUT2D eigenvalue weighted by atomic mass is 19.1. The number of benzene rings is 2. The van der Waals surface area contributed by atoms with Crippen molar-refractivity contribution < 1.29 is 19.0 Å². The van der Waals surface area contributed by atoms with Crippen LogP contribution in [0.4, 0.5) is 4.39 Å². The third-order valence-corrected chi connectivity index (χ3v) is 3.98. The summed E-state index contributed by atoms with van der Waals surface area (Å²) in [6.07, 6.45) is 2.55. The Kier molecular flexibility index (Phi) is 5.00. The van der Waals surface area contributed by atoms with Crippen LogP contribution in [0.15, 0.2) is 54.9 Å². The van der Waals surface area contributed by atoms with Crippen LogP contribution in [0.5, 0.6) is 11.5 Å². The summed E-state index contributed by atoms with van der Waals surface area (Å²) >= 11 is 0. The van der Waals surface area contributed by atoms with Crippen molar-refractivity contribution >= 4 is 0 Å². The fourth-order valence-corrected chi connectivity index (χ4v) is 2.69. The lowest BCUT2D eigenvalue weighted by molar-refractivity contribution is 0.157. The molecule has 0 bridgehead atoms. The van der Waals surface area contributed by atoms with Crippen LogP contribution in [-0.4, -0.2) is 28.9 Å². The Labute approximate surface area is 145 Å². The van der Waals surface area contributed by atoms with Gasteiger partial charge in [-0.15, -0.1) is 0 Å². The number of nitrogens with zero attached hydrogens (tertiary/aromatic N) is 2. The molecule has 0 aliphatic rings. The summed E-state index contributed by atoms with van der Waals surface area (Å²) in [6, 6.07) is 12.1. The first kappa shape index (κ1) is 17.0. The van der Waals surface area contributed by atoms with Crippen LogP contribution >= 0.6 is 0 Å². The van der Waals surface area contributed by atoms with Crippen molar-refractivity contribution in [2.75, 3.05) is 14.2 Å². The Bertz CT molecular complexity index is 849. The van der Waals surface area contributed by atoms with Gasteiger partial charge in [0, 0.05) is 18.5 Å². The SMILES string of the molecule is COc1cc(F)c(-c2nccn2C[C@@H](O)c2ccccc2)cc1OC. The van der Waals surface area contributed by atoms with Crippen LogP contribution in [0.3, 0.4) is 0 Å². The molecule has 130 valence electrons. The molecule has 1 N–H and O–H groups in total. The van der Waals surface area contributed by atoms with E-state index in [2.05, 4.69) is 4.98 Å². The van der Waals surface area contributed by atoms with Gasteiger partial charge in [0.2, 0.25) is 0 Å². The lowest BCUT2D eigenvalue weighted by atomic mass is 10.1. The van der Waals surface area contributed by atoms with Gasteiger partial charge in [-0.2, -0.15) is 0 Å². The van der Waals surface area contributed by atoms with Crippen LogP contribution in [0.25, 0.3) is 11.4 Å². The van der Waals surface area contributed by atoms with Crippen molar-refractivity contribution in [2.24, 2.45) is 0 Å². The summed E-state index contributed by atoms with van der Waals surface area (Å²) < 4.78 is 26.6. The van der Waals surface area contributed by atoms with E-state index >= 15 is 0 Å². The lowest BCUT2D eigenvalue weighted by Crippen LogP contribution is -2.09. The van der Waals surface area contributed by atoms with Gasteiger partial charge in [-0.25, -0.2) is 9.37 Å². The van der Waals surface area contributed by atoms with Crippen LogP contribution in [-0.2, 0) is 6.54 Å². The smallest absolute Gasteiger partial charge is 0.163 e. The topological polar surface area (TPSA) is 56.5 Å². The van der Waals surface area contributed by atoms with Gasteiger partial charge in [-0.05, 0) is 11.6 Å². The summed E-state index contributed by atoms with van der Waals surface area (Å²) in [4.78, 5) is 4.24. The number of halogens is 1. The molecule has 0 aliphatic heterocycles. The molecule has 1 atom stereocenters. The maximum Gasteiger partial charge on any atom is 0.163 e. The molecule has 0 unspecified atom stereocenters. The molecule has 0 aliphatic carbocycles. The quantitative estimate of drug-likeness (QED) is 0.745. The number of hydrogen-bond acceptors (Lipinski definition) is 4. The molecule has 1 heterocycles. The highest BCUT2D eigenvalue weighted by molar-refractivity contribution is 5.62. The van der Waals surface area contributed by atoms with Gasteiger partial charge in [0.25, 0.3) is 0 Å². The third kappa shape index (κ3) is 3.49. The van der Waals surface area contributed by atoms with E-state index in [9.17, 15) is 9.50 Å². The van der Waals surface area contributed by atoms with Gasteiger partial charge in [-0.1, -0.05) is 30.3 Å². The van der Waals surface area contributed by atoms with E-state index in [1.807, 2.05) is 30.3 Å². The van der Waals surface area contributed by atoms with Crippen molar-refractivity contribution in [3.8, 4) is 22.9 Å². The second-order valence-electron chi connectivity index (χ2n) is 5.52. The number of hydrogen-bond donors (Lipinski definition) is 1. The van der Waals surface area contributed by atoms with Crippen LogP contribution in [0.1, 0.15) is 11.7 Å². The Morgan fingerprint density at radius 1 is 1.12 bits per heavy atom. The second-order valence-corrected chi connectivity index (χ2v) is 5.52. The fraction of sp³-hybridized carbons (Fsp3) is 0.211. The molecule has 2 aromatic carbocycles. The van der Waals surface area contributed by atoms with Crippen molar-refractivity contribution in [3.05, 3.63) is 66.2 Å². The first-order valence-electron chi connectivity index (χ1n) is 7.80. The number of aliphatic hydroxyl groups is 1. The monoisotopic (exact) mass is 342 g/mol. The largest absolute Gasteiger partial charge is 0.493 e. The van der Waals surface area contributed by atoms with Gasteiger partial charge in [-0.3, -0.25) is 0 Å². The van der Waals surface area contributed by atoms with Gasteiger partial charge in [0.1, 0.15) is 11.6 Å². The Hall–Kier alpha value is -2.86. The minimum atomic E-state index is -0.725. The first-order valence-corrected chi connectivity index (χ1v) is 7.80. The number of aromatic nitrogens is 2. The molecule has 1 aromatic heterocycles. The van der Waals surface area contributed by atoms with Gasteiger partial charge >= 0.3 is 0 Å². The molecular formula is C19H19FN2O3. The zero-order valence-electron chi connectivity index (χ0n) is 14.0. The van der Waals surface area contributed by atoms with E-state index < -0.39 is 11.9 Å². The lowest BCUT2D eigenvalue weighted by Gasteiger charge is -2.15. The zero-order valence-corrected chi connectivity index (χ0v) is 14.0. The molecule has 3 rings (SSSR count). The molecule has 5 nitrogen and oxygen atoms in total. The Balaban J connectivity index is 1.94. The number of methoxy groups -OCH3 is 2. The summed E-state index contributed by atoms with van der Waals surface area (Å²) in [5, 5.41) is 10.4. The molecular weight excluding hydrogens is 323 g/mol. The van der Waals surface area contributed by atoms with E-state index in [4.69, 9.17) is 9.47 Å². The molecule has 0 saturated heterocycles. The maximum absolute atomic E-state index is 14.5. The minimum absolute atomic E-state index is 0.257. The predicted octanol–water partition coefficient (Wildman–Crippen LogP) is 3.44. The molecule has 0 saturated carbocycles. The summed E-state index contributed by atoms with van der Waals surface area (Å²) in [5.74, 6) is 0.663. The highest BCUT2D eigenvalue weighted by Crippen LogP contribution is 2.34. The normalized spacial score (nSPS) is 12.0. The molecule has 0 amide bonds. The van der Waals surface area contributed by atoms with Crippen LogP contribution in [0.2, 0.25) is 0 Å². The predicted molar refractivity (Wildman–Crippen MR) is 92.1 cm³/mol. The van der Waals surface area contributed by atoms with Crippen LogP contribution < -0.4 is 9.47 Å². The molecule has 25 heavy (non-hydrogen) atoms. The number of imidazole rings is 1. The molecule has 0 spiro atoms. The fourth-order valence-electron chi connectivity index (χ4n) is 2.69. The Morgan fingerprint density at radius 2 is 1.80 bits per heavy atom. The van der Waals surface area contributed by atoms with E-state index in [0.717, 1.165) is 5.56 Å². The first-order chi connectivity index (χ1) is 12.1. The molecule has 0 radical (unpaired) electrons.